The molecule has 1 aromatic heterocycles. The molecule has 0 fully saturated rings. The largest absolute Gasteiger partial charge is 0.296 e. The van der Waals surface area contributed by atoms with Crippen LogP contribution < -0.4 is 0 Å². The second-order valence-corrected chi connectivity index (χ2v) is 3.04. The smallest absolute Gasteiger partial charge is 0.265 e. The van der Waals surface area contributed by atoms with Crippen LogP contribution in [-0.2, 0) is 0 Å². The maximum Gasteiger partial charge on any atom is 0.296 e. The van der Waals surface area contributed by atoms with Gasteiger partial charge >= 0.3 is 0 Å². The van der Waals surface area contributed by atoms with Crippen molar-refractivity contribution in [3.8, 4) is 0 Å². The lowest BCUT2D eigenvalue weighted by molar-refractivity contribution is 0.101. The normalized spacial score (nSPS) is 8.82. The molecule has 1 rings (SSSR count). The highest BCUT2D eigenvalue weighted by Crippen LogP contribution is 2.15. The van der Waals surface area contributed by atoms with E-state index >= 15 is 0 Å². The molecule has 11 heavy (non-hydrogen) atoms. The van der Waals surface area contributed by atoms with Gasteiger partial charge in [-0.3, -0.25) is 4.79 Å². The van der Waals surface area contributed by atoms with Gasteiger partial charge in [0.25, 0.3) is 5.91 Å². The van der Waals surface area contributed by atoms with Crippen LogP contribution in [0.15, 0.2) is 16.4 Å². The van der Waals surface area contributed by atoms with Crippen LogP contribution >= 0.6 is 23.6 Å². The third-order valence-electron chi connectivity index (χ3n) is 1.20. The van der Waals surface area contributed by atoms with E-state index in [9.17, 15) is 4.79 Å². The van der Waals surface area contributed by atoms with Gasteiger partial charge in [-0.2, -0.15) is 4.99 Å². The second kappa shape index (κ2) is 3.53. The van der Waals surface area contributed by atoms with Crippen LogP contribution in [0.4, 0.5) is 0 Å². The molecule has 0 radical (unpaired) electrons. The van der Waals surface area contributed by atoms with Gasteiger partial charge in [-0.05, 0) is 36.2 Å². The number of hydrogen-bond acceptors (Lipinski definition) is 3. The van der Waals surface area contributed by atoms with E-state index in [1.54, 1.807) is 0 Å². The summed E-state index contributed by atoms with van der Waals surface area (Å²) in [6, 6.07) is 1.87. The maximum atomic E-state index is 11.0. The molecule has 4 heteroatoms. The van der Waals surface area contributed by atoms with Crippen LogP contribution in [0.5, 0.6) is 0 Å². The third kappa shape index (κ3) is 1.80. The van der Waals surface area contributed by atoms with E-state index in [0.717, 1.165) is 5.56 Å². The summed E-state index contributed by atoms with van der Waals surface area (Å²) in [4.78, 5) is 15.0. The number of thiocarbonyl (C=S) groups is 1. The van der Waals surface area contributed by atoms with Crippen molar-refractivity contribution in [1.82, 2.24) is 0 Å². The van der Waals surface area contributed by atoms with Gasteiger partial charge in [-0.15, -0.1) is 11.3 Å². The molecule has 0 aliphatic rings. The summed E-state index contributed by atoms with van der Waals surface area (Å²) in [6.07, 6.45) is 0. The molecule has 1 aromatic rings. The Morgan fingerprint density at radius 1 is 1.82 bits per heavy atom. The predicted octanol–water partition coefficient (Wildman–Crippen LogP) is 2.30. The maximum absolute atomic E-state index is 11.0. The number of nitrogens with zero attached hydrogens (tertiary/aromatic N) is 1. The van der Waals surface area contributed by atoms with Crippen LogP contribution in [0.3, 0.4) is 0 Å². The Hall–Kier alpha value is -0.830. The highest BCUT2D eigenvalue weighted by atomic mass is 32.1. The predicted molar refractivity (Wildman–Crippen MR) is 48.4 cm³/mol. The summed E-state index contributed by atoms with van der Waals surface area (Å²) >= 11 is 5.68. The van der Waals surface area contributed by atoms with Crippen molar-refractivity contribution in [3.05, 3.63) is 21.9 Å². The van der Waals surface area contributed by atoms with E-state index in [1.807, 2.05) is 23.5 Å². The number of thiophene rings is 1. The lowest BCUT2D eigenvalue weighted by Gasteiger charge is -1.87. The molecule has 0 saturated carbocycles. The number of carbonyl (C=O) groups is 1. The van der Waals surface area contributed by atoms with Crippen molar-refractivity contribution in [3.63, 3.8) is 0 Å². The SMILES string of the molecule is Cc1ccsc1C(=O)N=C=S. The highest BCUT2D eigenvalue weighted by Gasteiger charge is 2.07. The first kappa shape index (κ1) is 8.27. The first-order valence-corrected chi connectivity index (χ1v) is 4.21. The Bertz CT molecular complexity index is 323. The van der Waals surface area contributed by atoms with Gasteiger partial charge < -0.3 is 0 Å². The van der Waals surface area contributed by atoms with Crippen molar-refractivity contribution < 1.29 is 4.79 Å². The monoisotopic (exact) mass is 183 g/mol. The van der Waals surface area contributed by atoms with Gasteiger partial charge in [0.15, 0.2) is 0 Å². The minimum Gasteiger partial charge on any atom is -0.265 e. The number of isothiocyanates is 1. The van der Waals surface area contributed by atoms with Gasteiger partial charge in [-0.25, -0.2) is 0 Å². The summed E-state index contributed by atoms with van der Waals surface area (Å²) in [5.74, 6) is -0.299. The number of aliphatic imine (C=N–C) groups is 1. The Kier molecular flexibility index (Phi) is 2.65. The Morgan fingerprint density at radius 2 is 2.55 bits per heavy atom. The molecule has 0 unspecified atom stereocenters. The molecule has 56 valence electrons. The molecule has 0 saturated heterocycles. The van der Waals surface area contributed by atoms with Crippen LogP contribution in [0.25, 0.3) is 0 Å². The molecule has 0 spiro atoms. The number of amides is 1. The lowest BCUT2D eigenvalue weighted by atomic mass is 10.3. The fraction of sp³-hybridized carbons (Fsp3) is 0.143. The molecule has 2 nitrogen and oxygen atoms in total. The Morgan fingerprint density at radius 3 is 3.00 bits per heavy atom. The van der Waals surface area contributed by atoms with Crippen LogP contribution in [-0.4, -0.2) is 11.1 Å². The molecular weight excluding hydrogens is 178 g/mol. The number of carbonyl (C=O) groups excluding carboxylic acids is 1. The second-order valence-electron chi connectivity index (χ2n) is 1.94. The average Bonchev–Trinajstić information content (AvgIpc) is 2.36. The van der Waals surface area contributed by atoms with Gasteiger partial charge in [-0.1, -0.05) is 0 Å². The fourth-order valence-electron chi connectivity index (χ4n) is 0.684. The van der Waals surface area contributed by atoms with E-state index in [4.69, 9.17) is 0 Å². The summed E-state index contributed by atoms with van der Waals surface area (Å²) in [6.45, 7) is 1.86. The molecule has 0 N–H and O–H groups in total. The van der Waals surface area contributed by atoms with Gasteiger partial charge in [0.2, 0.25) is 0 Å². The zero-order chi connectivity index (χ0) is 8.27. The first-order valence-electron chi connectivity index (χ1n) is 2.92. The quantitative estimate of drug-likeness (QED) is 0.494. The molecule has 0 atom stereocenters. The van der Waals surface area contributed by atoms with Crippen LogP contribution in [0.2, 0.25) is 0 Å². The lowest BCUT2D eigenvalue weighted by Crippen LogP contribution is -1.91. The third-order valence-corrected chi connectivity index (χ3v) is 2.30. The minimum absolute atomic E-state index is 0.299. The van der Waals surface area contributed by atoms with Gasteiger partial charge in [0.1, 0.15) is 0 Å². The van der Waals surface area contributed by atoms with E-state index in [2.05, 4.69) is 17.2 Å². The van der Waals surface area contributed by atoms with Crippen molar-refractivity contribution in [1.29, 1.82) is 0 Å². The van der Waals surface area contributed by atoms with Crippen molar-refractivity contribution in [2.45, 2.75) is 6.92 Å². The molecule has 0 aliphatic heterocycles. The Labute approximate surface area is 73.6 Å². The summed E-state index contributed by atoms with van der Waals surface area (Å²) < 4.78 is 0. The number of rotatable bonds is 1. The molecule has 0 bridgehead atoms. The first-order chi connectivity index (χ1) is 5.25. The average molecular weight is 183 g/mol. The molecule has 0 aromatic carbocycles. The van der Waals surface area contributed by atoms with E-state index in [1.165, 1.54) is 11.3 Å². The number of hydrogen-bond donors (Lipinski definition) is 0. The molecule has 0 aliphatic carbocycles. The zero-order valence-electron chi connectivity index (χ0n) is 5.83. The van der Waals surface area contributed by atoms with Crippen molar-refractivity contribution in [2.75, 3.05) is 0 Å². The van der Waals surface area contributed by atoms with E-state index < -0.39 is 0 Å². The van der Waals surface area contributed by atoms with Crippen LogP contribution in [0, 0.1) is 6.92 Å². The molecular formula is C7H5NOS2. The zero-order valence-corrected chi connectivity index (χ0v) is 7.46. The van der Waals surface area contributed by atoms with E-state index in [-0.39, 0.29) is 5.91 Å². The standard InChI is InChI=1S/C7H5NOS2/c1-5-2-3-11-6(5)7(9)8-4-10/h2-3H,1H3. The summed E-state index contributed by atoms with van der Waals surface area (Å²) in [7, 11) is 0. The van der Waals surface area contributed by atoms with Crippen LogP contribution in [0.1, 0.15) is 15.2 Å². The topological polar surface area (TPSA) is 29.4 Å². The van der Waals surface area contributed by atoms with Crippen molar-refractivity contribution >= 4 is 34.6 Å². The summed E-state index contributed by atoms with van der Waals surface area (Å²) in [5, 5.41) is 3.90. The summed E-state index contributed by atoms with van der Waals surface area (Å²) in [5.41, 5.74) is 0.939. The Balaban J connectivity index is 3.02. The fourth-order valence-corrected chi connectivity index (χ4v) is 1.58. The minimum atomic E-state index is -0.299. The molecule has 1 amide bonds. The van der Waals surface area contributed by atoms with Crippen molar-refractivity contribution in [2.24, 2.45) is 4.99 Å². The van der Waals surface area contributed by atoms with Gasteiger partial charge in [0, 0.05) is 0 Å². The highest BCUT2D eigenvalue weighted by molar-refractivity contribution is 7.78. The number of aryl methyl sites for hydroxylation is 1. The van der Waals surface area contributed by atoms with Gasteiger partial charge in [0.05, 0.1) is 10.0 Å². The van der Waals surface area contributed by atoms with E-state index in [0.29, 0.717) is 4.88 Å². The molecule has 1 heterocycles.